The molecule has 1 amide bonds. The van der Waals surface area contributed by atoms with Crippen molar-refractivity contribution in [1.29, 1.82) is 0 Å². The third kappa shape index (κ3) is 5.83. The maximum atomic E-state index is 13.9. The highest BCUT2D eigenvalue weighted by Gasteiger charge is 2.42. The van der Waals surface area contributed by atoms with Gasteiger partial charge >= 0.3 is 16.3 Å². The lowest BCUT2D eigenvalue weighted by Crippen LogP contribution is -2.60. The number of carbonyl (C=O) groups excluding carboxylic acids is 1. The number of benzene rings is 1. The largest absolute Gasteiger partial charge is 0.444 e. The first kappa shape index (κ1) is 29.4. The van der Waals surface area contributed by atoms with E-state index >= 15 is 0 Å². The highest BCUT2D eigenvalue weighted by atomic mass is 35.5. The zero-order valence-electron chi connectivity index (χ0n) is 23.5. The van der Waals surface area contributed by atoms with E-state index in [1.807, 2.05) is 72.4 Å². The first-order chi connectivity index (χ1) is 17.9. The van der Waals surface area contributed by atoms with Crippen molar-refractivity contribution in [3.05, 3.63) is 51.6 Å². The summed E-state index contributed by atoms with van der Waals surface area (Å²) in [4.78, 5) is 20.8. The summed E-state index contributed by atoms with van der Waals surface area (Å²) in [5.41, 5.74) is 0.684. The number of hydrogen-bond donors (Lipinski definition) is 0. The SMILES string of the molecule is C[C@@H]1CN(C2=NS(=O)(=O)N(c3ccccc3C(C)(C)C)c3nc(Cl)c(Cl)cc32)[C@@H](C)CN1C(=O)OC(C)(C)C. The second kappa shape index (κ2) is 10.1. The number of hydrogen-bond acceptors (Lipinski definition) is 6. The maximum absolute atomic E-state index is 13.9. The van der Waals surface area contributed by atoms with Crippen LogP contribution in [0.2, 0.25) is 10.2 Å². The van der Waals surface area contributed by atoms with E-state index in [0.717, 1.165) is 9.87 Å². The molecule has 0 aliphatic carbocycles. The molecule has 1 saturated heterocycles. The summed E-state index contributed by atoms with van der Waals surface area (Å²) in [6.45, 7) is 15.9. The Kier molecular flexibility index (Phi) is 7.64. The van der Waals surface area contributed by atoms with Crippen molar-refractivity contribution < 1.29 is 17.9 Å². The van der Waals surface area contributed by atoms with Crippen LogP contribution in [0.5, 0.6) is 0 Å². The van der Waals surface area contributed by atoms with Crippen LogP contribution in [0.4, 0.5) is 16.3 Å². The number of pyridine rings is 1. The molecule has 2 atom stereocenters. The number of anilines is 2. The fourth-order valence-corrected chi connectivity index (χ4v) is 6.37. The number of nitrogens with zero attached hydrogens (tertiary/aromatic N) is 5. The first-order valence-electron chi connectivity index (χ1n) is 12.8. The van der Waals surface area contributed by atoms with E-state index in [4.69, 9.17) is 27.9 Å². The van der Waals surface area contributed by atoms with Crippen molar-refractivity contribution in [2.75, 3.05) is 17.4 Å². The van der Waals surface area contributed by atoms with Crippen molar-refractivity contribution >= 4 is 56.8 Å². The molecule has 1 fully saturated rings. The van der Waals surface area contributed by atoms with E-state index in [1.165, 1.54) is 0 Å². The van der Waals surface area contributed by atoms with Gasteiger partial charge in [-0.3, -0.25) is 0 Å². The number of para-hydroxylation sites is 1. The molecule has 9 nitrogen and oxygen atoms in total. The Morgan fingerprint density at radius 3 is 2.28 bits per heavy atom. The summed E-state index contributed by atoms with van der Waals surface area (Å²) in [7, 11) is -4.29. The summed E-state index contributed by atoms with van der Waals surface area (Å²) < 4.78 is 38.8. The number of rotatable bonds is 1. The Morgan fingerprint density at radius 1 is 1.03 bits per heavy atom. The molecule has 0 unspecified atom stereocenters. The highest BCUT2D eigenvalue weighted by Crippen LogP contribution is 2.43. The van der Waals surface area contributed by atoms with Gasteiger partial charge in [-0.1, -0.05) is 62.2 Å². The van der Waals surface area contributed by atoms with Gasteiger partial charge in [-0.25, -0.2) is 14.1 Å². The molecule has 39 heavy (non-hydrogen) atoms. The van der Waals surface area contributed by atoms with Gasteiger partial charge in [0.1, 0.15) is 10.8 Å². The van der Waals surface area contributed by atoms with E-state index in [1.54, 1.807) is 23.1 Å². The standard InChI is InChI=1S/C27H35Cl2N5O4S/c1-16-15-33(25(35)38-27(6,7)8)17(2)14-32(16)24-18-13-20(28)22(29)30-23(18)34(39(36,37)31-24)21-12-10-9-11-19(21)26(3,4)5/h9-13,16-17H,14-15H2,1-8H3/t16-,17+/m0/s1. The second-order valence-corrected chi connectivity index (χ2v) is 14.2. The van der Waals surface area contributed by atoms with Gasteiger partial charge in [0.15, 0.2) is 11.7 Å². The van der Waals surface area contributed by atoms with Crippen LogP contribution >= 0.6 is 23.2 Å². The van der Waals surface area contributed by atoms with E-state index in [0.29, 0.717) is 24.3 Å². The normalized spacial score (nSPS) is 21.4. The Bertz CT molecular complexity index is 1430. The number of piperazine rings is 1. The molecule has 2 aliphatic heterocycles. The van der Waals surface area contributed by atoms with Crippen molar-refractivity contribution in [2.24, 2.45) is 4.40 Å². The third-order valence-corrected chi connectivity index (χ3v) is 8.50. The van der Waals surface area contributed by atoms with Crippen LogP contribution in [0.15, 0.2) is 34.7 Å². The number of ether oxygens (including phenoxy) is 1. The van der Waals surface area contributed by atoms with Gasteiger partial charge in [0, 0.05) is 25.2 Å². The Morgan fingerprint density at radius 2 is 1.67 bits per heavy atom. The quantitative estimate of drug-likeness (QED) is 0.366. The lowest BCUT2D eigenvalue weighted by molar-refractivity contribution is 0.000509. The molecule has 1 aromatic heterocycles. The van der Waals surface area contributed by atoms with Crippen LogP contribution in [0.25, 0.3) is 0 Å². The molecular formula is C27H35Cl2N5O4S. The van der Waals surface area contributed by atoms with Crippen molar-refractivity contribution in [3.63, 3.8) is 0 Å². The number of carbonyl (C=O) groups is 1. The number of aromatic nitrogens is 1. The van der Waals surface area contributed by atoms with Gasteiger partial charge in [0.05, 0.1) is 16.3 Å². The molecule has 4 rings (SSSR count). The Hall–Kier alpha value is -2.56. The second-order valence-electron chi connectivity index (χ2n) is 12.0. The van der Waals surface area contributed by atoms with E-state index in [2.05, 4.69) is 9.38 Å². The summed E-state index contributed by atoms with van der Waals surface area (Å²) in [6.07, 6.45) is -0.415. The fraction of sp³-hybridized carbons (Fsp3) is 0.519. The molecule has 12 heteroatoms. The molecule has 0 radical (unpaired) electrons. The van der Waals surface area contributed by atoms with Crippen molar-refractivity contribution in [3.8, 4) is 0 Å². The highest BCUT2D eigenvalue weighted by molar-refractivity contribution is 7.92. The first-order valence-corrected chi connectivity index (χ1v) is 14.9. The Labute approximate surface area is 240 Å². The van der Waals surface area contributed by atoms with Crippen LogP contribution < -0.4 is 4.31 Å². The molecule has 3 heterocycles. The third-order valence-electron chi connectivity index (χ3n) is 6.60. The van der Waals surface area contributed by atoms with Crippen molar-refractivity contribution in [2.45, 2.75) is 78.5 Å². The molecule has 2 aliphatic rings. The minimum atomic E-state index is -4.29. The maximum Gasteiger partial charge on any atom is 0.410 e. The van der Waals surface area contributed by atoms with Gasteiger partial charge in [-0.2, -0.15) is 8.42 Å². The van der Waals surface area contributed by atoms with Gasteiger partial charge < -0.3 is 14.5 Å². The lowest BCUT2D eigenvalue weighted by Gasteiger charge is -2.46. The molecular weight excluding hydrogens is 561 g/mol. The number of halogens is 2. The van der Waals surface area contributed by atoms with Crippen LogP contribution in [0.1, 0.15) is 66.5 Å². The molecule has 0 saturated carbocycles. The zero-order chi connectivity index (χ0) is 29.1. The molecule has 0 N–H and O–H groups in total. The van der Waals surface area contributed by atoms with Crippen LogP contribution in [0, 0.1) is 0 Å². The van der Waals surface area contributed by atoms with Gasteiger partial charge in [0.25, 0.3) is 0 Å². The fourth-order valence-electron chi connectivity index (χ4n) is 4.81. The number of amides is 1. The Balaban J connectivity index is 1.82. The minimum Gasteiger partial charge on any atom is -0.444 e. The van der Waals surface area contributed by atoms with E-state index in [-0.39, 0.29) is 39.3 Å². The molecule has 2 aromatic rings. The lowest BCUT2D eigenvalue weighted by atomic mass is 9.86. The summed E-state index contributed by atoms with van der Waals surface area (Å²) in [5.74, 6) is 0.337. The van der Waals surface area contributed by atoms with E-state index in [9.17, 15) is 13.2 Å². The molecule has 0 bridgehead atoms. The predicted octanol–water partition coefficient (Wildman–Crippen LogP) is 6.16. The average molecular weight is 597 g/mol. The summed E-state index contributed by atoms with van der Waals surface area (Å²) in [6, 6.07) is 8.31. The topological polar surface area (TPSA) is 95.4 Å². The predicted molar refractivity (Wildman–Crippen MR) is 156 cm³/mol. The molecule has 0 spiro atoms. The van der Waals surface area contributed by atoms with Crippen molar-refractivity contribution in [1.82, 2.24) is 14.8 Å². The number of amidine groups is 1. The molecule has 212 valence electrons. The van der Waals surface area contributed by atoms with Gasteiger partial charge in [-0.05, 0) is 57.7 Å². The smallest absolute Gasteiger partial charge is 0.410 e. The summed E-state index contributed by atoms with van der Waals surface area (Å²) in [5, 5.41) is 0.167. The minimum absolute atomic E-state index is 0.0127. The summed E-state index contributed by atoms with van der Waals surface area (Å²) >= 11 is 12.7. The van der Waals surface area contributed by atoms with Gasteiger partial charge in [-0.15, -0.1) is 4.40 Å². The van der Waals surface area contributed by atoms with Gasteiger partial charge in [0.2, 0.25) is 0 Å². The average Bonchev–Trinajstić information content (AvgIpc) is 2.79. The monoisotopic (exact) mass is 595 g/mol. The van der Waals surface area contributed by atoms with Crippen LogP contribution in [-0.4, -0.2) is 65.9 Å². The van der Waals surface area contributed by atoms with Crippen LogP contribution in [0.3, 0.4) is 0 Å². The zero-order valence-corrected chi connectivity index (χ0v) is 25.8. The van der Waals surface area contributed by atoms with E-state index < -0.39 is 21.9 Å². The van der Waals surface area contributed by atoms with Crippen LogP contribution in [-0.2, 0) is 20.4 Å². The molecule has 1 aromatic carbocycles. The number of fused-ring (bicyclic) bond motifs is 1.